The lowest BCUT2D eigenvalue weighted by molar-refractivity contribution is -0.570. The van der Waals surface area contributed by atoms with Gasteiger partial charge in [0.2, 0.25) is 0 Å². The van der Waals surface area contributed by atoms with E-state index in [1.165, 1.54) is 30.3 Å². The average molecular weight is 448 g/mol. The van der Waals surface area contributed by atoms with Gasteiger partial charge in [-0.05, 0) is 24.3 Å². The molecule has 10 nitrogen and oxygen atoms in total. The molecule has 160 valence electrons. The number of carbonyl (C=O) groups excluding carboxylic acids is 2. The second-order valence-corrected chi connectivity index (χ2v) is 7.08. The van der Waals surface area contributed by atoms with E-state index in [2.05, 4.69) is 4.18 Å². The zero-order chi connectivity index (χ0) is 22.7. The Bertz CT molecular complexity index is 1040. The molecule has 0 saturated heterocycles. The first kappa shape index (κ1) is 22.9. The topological polar surface area (TPSA) is 144 Å². The Hall–Kier alpha value is -3.36. The molecular formula is C16H11F3N2O8S. The Morgan fingerprint density at radius 3 is 1.80 bits per heavy atom. The zero-order valence-corrected chi connectivity index (χ0v) is 15.3. The van der Waals surface area contributed by atoms with E-state index in [1.54, 1.807) is 12.1 Å². The van der Waals surface area contributed by atoms with E-state index >= 15 is 0 Å². The van der Waals surface area contributed by atoms with Gasteiger partial charge in [0.15, 0.2) is 0 Å². The summed E-state index contributed by atoms with van der Waals surface area (Å²) < 4.78 is 61.1. The number of carbonyl (C=O) groups is 2. The summed E-state index contributed by atoms with van der Waals surface area (Å²) in [5.41, 5.74) is -5.51. The number of alkyl halides is 3. The number of fused-ring (bicyclic) bond motifs is 1. The third-order valence-electron chi connectivity index (χ3n) is 3.55. The number of hydrogen-bond donors (Lipinski definition) is 1. The maximum atomic E-state index is 12.0. The highest BCUT2D eigenvalue weighted by molar-refractivity contribution is 7.87. The number of benzene rings is 2. The van der Waals surface area contributed by atoms with Crippen molar-refractivity contribution in [1.29, 1.82) is 0 Å². The number of rotatable bonds is 4. The molecule has 1 heterocycles. The third-order valence-corrected chi connectivity index (χ3v) is 4.55. The molecule has 2 aromatic carbocycles. The van der Waals surface area contributed by atoms with Crippen LogP contribution >= 0.6 is 0 Å². The predicted molar refractivity (Wildman–Crippen MR) is 91.0 cm³/mol. The first-order valence-electron chi connectivity index (χ1n) is 7.71. The number of imide groups is 1. The summed E-state index contributed by atoms with van der Waals surface area (Å²) >= 11 is 0. The van der Waals surface area contributed by atoms with Crippen LogP contribution in [0.4, 0.5) is 13.2 Å². The molecule has 1 aliphatic rings. The maximum Gasteiger partial charge on any atom is 0.523 e. The van der Waals surface area contributed by atoms with Crippen molar-refractivity contribution in [3.05, 3.63) is 81.4 Å². The molecule has 1 unspecified atom stereocenters. The van der Waals surface area contributed by atoms with E-state index in [1.807, 2.05) is 0 Å². The summed E-state index contributed by atoms with van der Waals surface area (Å²) in [5.74, 6) is -1.31. The van der Waals surface area contributed by atoms with Crippen LogP contribution in [-0.4, -0.2) is 40.9 Å². The van der Waals surface area contributed by atoms with Crippen LogP contribution in [0.15, 0.2) is 54.6 Å². The van der Waals surface area contributed by atoms with Crippen LogP contribution in [0.25, 0.3) is 0 Å². The van der Waals surface area contributed by atoms with E-state index in [4.69, 9.17) is 5.21 Å². The highest BCUT2D eigenvalue weighted by atomic mass is 32.2. The minimum atomic E-state index is -6.03. The van der Waals surface area contributed by atoms with Gasteiger partial charge >= 0.3 is 21.9 Å². The van der Waals surface area contributed by atoms with E-state index in [-0.39, 0.29) is 21.8 Å². The van der Waals surface area contributed by atoms with Crippen molar-refractivity contribution >= 4 is 21.9 Å². The predicted octanol–water partition coefficient (Wildman–Crippen LogP) is 2.50. The Labute approximate surface area is 166 Å². The van der Waals surface area contributed by atoms with Crippen molar-refractivity contribution in [2.24, 2.45) is 0 Å². The van der Waals surface area contributed by atoms with Crippen molar-refractivity contribution in [3.8, 4) is 0 Å². The molecule has 2 amide bonds. The minimum Gasteiger partial charge on any atom is -0.278 e. The fraction of sp³-hybridized carbons (Fsp3) is 0.125. The van der Waals surface area contributed by atoms with Gasteiger partial charge in [0.25, 0.3) is 11.8 Å². The Morgan fingerprint density at radius 1 is 0.967 bits per heavy atom. The molecule has 14 heteroatoms. The lowest BCUT2D eigenvalue weighted by Crippen LogP contribution is -2.29. The lowest BCUT2D eigenvalue weighted by Gasteiger charge is -2.12. The van der Waals surface area contributed by atoms with Crippen LogP contribution in [0, 0.1) is 10.1 Å². The lowest BCUT2D eigenvalue weighted by atomic mass is 10.1. The second kappa shape index (κ2) is 8.56. The summed E-state index contributed by atoms with van der Waals surface area (Å²) in [6.45, 7) is 0. The molecular weight excluding hydrogens is 437 g/mol. The van der Waals surface area contributed by atoms with E-state index in [0.29, 0.717) is 0 Å². The van der Waals surface area contributed by atoms with Crippen LogP contribution in [0.2, 0.25) is 0 Å². The molecule has 2 aromatic rings. The molecule has 3 rings (SSSR count). The van der Waals surface area contributed by atoms with Crippen molar-refractivity contribution in [3.63, 3.8) is 0 Å². The third kappa shape index (κ3) is 4.79. The smallest absolute Gasteiger partial charge is 0.278 e. The Kier molecular flexibility index (Phi) is 6.54. The molecule has 0 fully saturated rings. The van der Waals surface area contributed by atoms with Gasteiger partial charge in [-0.1, -0.05) is 30.3 Å². The average Bonchev–Trinajstić information content (AvgIpc) is 2.91. The largest absolute Gasteiger partial charge is 0.523 e. The molecule has 0 aliphatic carbocycles. The number of halogens is 3. The summed E-state index contributed by atoms with van der Waals surface area (Å²) in [6, 6.07) is 12.5. The fourth-order valence-corrected chi connectivity index (χ4v) is 2.71. The molecule has 30 heavy (non-hydrogen) atoms. The van der Waals surface area contributed by atoms with Gasteiger partial charge in [0.1, 0.15) is 0 Å². The molecule has 0 radical (unpaired) electrons. The number of hydroxylamine groups is 2. The molecule has 1 N–H and O–H groups in total. The Morgan fingerprint density at radius 2 is 1.40 bits per heavy atom. The van der Waals surface area contributed by atoms with E-state index in [9.17, 15) is 41.3 Å². The van der Waals surface area contributed by atoms with Gasteiger partial charge in [-0.2, -0.15) is 25.8 Å². The number of hydrogen-bond acceptors (Lipinski definition) is 8. The standard InChI is InChI=1S/C8H6F3NO5S.C8H5NO3/c9-8(10,11)18(15,16)17-7(12(13)14)6-4-2-1-3-5-6;10-7-5-3-1-2-4-6(5)8(11)9(7)12/h1-5,7H;1-4,12H. The SMILES string of the molecule is O=C1c2ccccc2C(=O)N1O.O=[N+]([O-])C(OS(=O)(=O)C(F)(F)F)c1ccccc1. The van der Waals surface area contributed by atoms with Gasteiger partial charge < -0.3 is 0 Å². The van der Waals surface area contributed by atoms with Crippen molar-refractivity contribution in [2.45, 2.75) is 11.7 Å². The molecule has 0 aromatic heterocycles. The van der Waals surface area contributed by atoms with Gasteiger partial charge in [0, 0.05) is 0 Å². The zero-order valence-electron chi connectivity index (χ0n) is 14.5. The van der Waals surface area contributed by atoms with E-state index < -0.39 is 38.6 Å². The van der Waals surface area contributed by atoms with Gasteiger partial charge in [-0.3, -0.25) is 24.9 Å². The minimum absolute atomic E-state index is 0.130. The monoisotopic (exact) mass is 448 g/mol. The first-order valence-corrected chi connectivity index (χ1v) is 9.12. The van der Waals surface area contributed by atoms with Crippen LogP contribution < -0.4 is 0 Å². The highest BCUT2D eigenvalue weighted by Gasteiger charge is 2.51. The molecule has 1 atom stereocenters. The highest BCUT2D eigenvalue weighted by Crippen LogP contribution is 2.30. The van der Waals surface area contributed by atoms with Crippen LogP contribution in [0.1, 0.15) is 32.5 Å². The summed E-state index contributed by atoms with van der Waals surface area (Å²) in [7, 11) is -6.03. The maximum absolute atomic E-state index is 12.0. The molecule has 0 spiro atoms. The van der Waals surface area contributed by atoms with Crippen LogP contribution in [0.3, 0.4) is 0 Å². The molecule has 0 saturated carbocycles. The van der Waals surface area contributed by atoms with Gasteiger partial charge in [0.05, 0.1) is 21.6 Å². The normalized spacial score (nSPS) is 14.6. The van der Waals surface area contributed by atoms with Crippen LogP contribution in [-0.2, 0) is 14.3 Å². The van der Waals surface area contributed by atoms with Crippen molar-refractivity contribution in [2.75, 3.05) is 0 Å². The van der Waals surface area contributed by atoms with E-state index in [0.717, 1.165) is 12.1 Å². The van der Waals surface area contributed by atoms with Gasteiger partial charge in [-0.15, -0.1) is 5.06 Å². The quantitative estimate of drug-likeness (QED) is 0.143. The fourth-order valence-electron chi connectivity index (χ4n) is 2.18. The van der Waals surface area contributed by atoms with Crippen molar-refractivity contribution in [1.82, 2.24) is 5.06 Å². The number of nitrogens with zero attached hydrogens (tertiary/aromatic N) is 2. The number of nitro groups is 1. The molecule has 0 bridgehead atoms. The van der Waals surface area contributed by atoms with Gasteiger partial charge in [-0.25, -0.2) is 0 Å². The summed E-state index contributed by atoms with van der Waals surface area (Å²) in [4.78, 5) is 31.4. The number of amides is 2. The summed E-state index contributed by atoms with van der Waals surface area (Å²) in [6.07, 6.45) is -2.43. The van der Waals surface area contributed by atoms with Crippen LogP contribution in [0.5, 0.6) is 0 Å². The summed E-state index contributed by atoms with van der Waals surface area (Å²) in [5, 5.41) is 19.6. The Balaban J connectivity index is 0.000000230. The molecule has 1 aliphatic heterocycles. The second-order valence-electron chi connectivity index (χ2n) is 5.51. The first-order chi connectivity index (χ1) is 13.9. The van der Waals surface area contributed by atoms with Crippen molar-refractivity contribution < 1.29 is 45.5 Å².